The summed E-state index contributed by atoms with van der Waals surface area (Å²) in [4.78, 5) is 54.8. The number of benzene rings is 1. The molecule has 9 heteroatoms. The lowest BCUT2D eigenvalue weighted by Gasteiger charge is -2.38. The molecule has 0 aromatic heterocycles. The van der Waals surface area contributed by atoms with Gasteiger partial charge in [-0.2, -0.15) is 5.26 Å². The third-order valence-electron chi connectivity index (χ3n) is 9.67. The number of rotatable bonds is 8. The van der Waals surface area contributed by atoms with Gasteiger partial charge in [-0.25, -0.2) is 0 Å². The van der Waals surface area contributed by atoms with Crippen molar-refractivity contribution < 1.29 is 19.2 Å². The molecular formula is C31H41N5O4. The molecule has 9 nitrogen and oxygen atoms in total. The summed E-state index contributed by atoms with van der Waals surface area (Å²) in [6, 6.07) is 9.75. The van der Waals surface area contributed by atoms with Gasteiger partial charge < -0.3 is 20.9 Å². The van der Waals surface area contributed by atoms with E-state index in [1.54, 1.807) is 4.90 Å². The van der Waals surface area contributed by atoms with Crippen LogP contribution in [-0.2, 0) is 19.2 Å². The number of likely N-dealkylation sites (tertiary alicyclic amines) is 1. The quantitative estimate of drug-likeness (QED) is 0.460. The normalized spacial score (nSPS) is 31.3. The maximum Gasteiger partial charge on any atom is 0.246 e. The number of carbonyl (C=O) groups is 4. The first-order valence-corrected chi connectivity index (χ1v) is 14.5. The van der Waals surface area contributed by atoms with Crippen molar-refractivity contribution in [2.24, 2.45) is 34.5 Å². The number of nitrogens with one attached hydrogen (secondary N) is 3. The van der Waals surface area contributed by atoms with Crippen LogP contribution < -0.4 is 16.0 Å². The van der Waals surface area contributed by atoms with Crippen molar-refractivity contribution in [2.75, 3.05) is 13.1 Å². The molecule has 40 heavy (non-hydrogen) atoms. The Kier molecular flexibility index (Phi) is 7.18. The highest BCUT2D eigenvalue weighted by molar-refractivity contribution is 5.95. The van der Waals surface area contributed by atoms with E-state index >= 15 is 0 Å². The predicted octanol–water partition coefficient (Wildman–Crippen LogP) is 2.34. The maximum atomic E-state index is 14.1. The fourth-order valence-corrected chi connectivity index (χ4v) is 6.99. The molecule has 1 aromatic rings. The molecule has 0 spiro atoms. The first-order valence-electron chi connectivity index (χ1n) is 14.5. The minimum Gasteiger partial charge on any atom is -0.356 e. The summed E-state index contributed by atoms with van der Waals surface area (Å²) in [5, 5.41) is 18.4. The highest BCUT2D eigenvalue weighted by atomic mass is 16.2. The molecule has 0 radical (unpaired) electrons. The molecule has 2 saturated heterocycles. The molecule has 3 N–H and O–H groups in total. The Labute approximate surface area is 236 Å². The molecule has 4 aliphatic rings. The largest absolute Gasteiger partial charge is 0.356 e. The SMILES string of the molecule is CC(C)(C)[C@H](NC(=O)[C@@H]1C[C@H]1c1ccccc1)C(=O)N1C[C@H]2[C@@H]([C@H]1C(=O)N[C@H](C#N)C[C@@H]1CCNC1=O)C2(C)C. The molecule has 4 fully saturated rings. The molecule has 2 aliphatic carbocycles. The van der Waals surface area contributed by atoms with Crippen LogP contribution in [0.5, 0.6) is 0 Å². The number of nitriles is 1. The van der Waals surface area contributed by atoms with E-state index in [-0.39, 0.29) is 65.1 Å². The lowest BCUT2D eigenvalue weighted by Crippen LogP contribution is -2.60. The second kappa shape index (κ2) is 10.2. The number of hydrogen-bond donors (Lipinski definition) is 3. The highest BCUT2D eigenvalue weighted by Gasteiger charge is 2.70. The van der Waals surface area contributed by atoms with Gasteiger partial charge in [-0.15, -0.1) is 0 Å². The molecule has 8 atom stereocenters. The number of nitrogens with zero attached hydrogens (tertiary/aromatic N) is 2. The molecule has 2 heterocycles. The van der Waals surface area contributed by atoms with Crippen LogP contribution in [0, 0.1) is 45.8 Å². The van der Waals surface area contributed by atoms with Gasteiger partial charge in [0.15, 0.2) is 0 Å². The number of piperidine rings is 1. The molecular weight excluding hydrogens is 506 g/mol. The third-order valence-corrected chi connectivity index (χ3v) is 9.67. The molecule has 0 bridgehead atoms. The van der Waals surface area contributed by atoms with Crippen molar-refractivity contribution in [3.05, 3.63) is 35.9 Å². The van der Waals surface area contributed by atoms with E-state index in [2.05, 4.69) is 35.9 Å². The van der Waals surface area contributed by atoms with Crippen LogP contribution in [0.15, 0.2) is 30.3 Å². The lowest BCUT2D eigenvalue weighted by atomic mass is 9.85. The highest BCUT2D eigenvalue weighted by Crippen LogP contribution is 2.65. The fraction of sp³-hybridized carbons (Fsp3) is 0.645. The summed E-state index contributed by atoms with van der Waals surface area (Å²) in [7, 11) is 0. The first kappa shape index (κ1) is 28.1. The van der Waals surface area contributed by atoms with Crippen LogP contribution in [0.4, 0.5) is 0 Å². The summed E-state index contributed by atoms with van der Waals surface area (Å²) in [6.45, 7) is 11.0. The topological polar surface area (TPSA) is 131 Å². The van der Waals surface area contributed by atoms with E-state index in [1.165, 1.54) is 0 Å². The molecule has 2 aliphatic heterocycles. The average Bonchev–Trinajstić information content (AvgIpc) is 3.66. The smallest absolute Gasteiger partial charge is 0.246 e. The van der Waals surface area contributed by atoms with Gasteiger partial charge in [0.25, 0.3) is 0 Å². The monoisotopic (exact) mass is 547 g/mol. The standard InChI is InChI=1S/C31H41N5O4/c1-30(2,3)25(35-27(38)21-14-20(21)17-9-7-6-8-10-17)29(40)36-16-22-23(31(22,4)5)24(36)28(39)34-19(15-32)13-18-11-12-33-26(18)37/h6-10,18-25H,11-14,16H2,1-5H3,(H,33,37)(H,34,39)(H,35,38)/t18-,19-,20-,21+,22-,23-,24-,25+/m0/s1. The molecule has 2 saturated carbocycles. The molecule has 5 rings (SSSR count). The van der Waals surface area contributed by atoms with E-state index in [0.29, 0.717) is 19.5 Å². The van der Waals surface area contributed by atoms with E-state index in [4.69, 9.17) is 0 Å². The number of hydrogen-bond acceptors (Lipinski definition) is 5. The van der Waals surface area contributed by atoms with Crippen molar-refractivity contribution in [1.29, 1.82) is 5.26 Å². The van der Waals surface area contributed by atoms with E-state index < -0.39 is 23.5 Å². The van der Waals surface area contributed by atoms with Crippen LogP contribution in [0.1, 0.15) is 65.4 Å². The fourth-order valence-electron chi connectivity index (χ4n) is 6.99. The second-order valence-corrected chi connectivity index (χ2v) is 13.8. The van der Waals surface area contributed by atoms with Crippen LogP contribution in [0.25, 0.3) is 0 Å². The van der Waals surface area contributed by atoms with Gasteiger partial charge in [0.2, 0.25) is 23.6 Å². The zero-order valence-corrected chi connectivity index (χ0v) is 24.1. The Hall–Kier alpha value is -3.41. The van der Waals surface area contributed by atoms with Crippen molar-refractivity contribution in [2.45, 2.75) is 77.9 Å². The van der Waals surface area contributed by atoms with Crippen molar-refractivity contribution in [1.82, 2.24) is 20.9 Å². The summed E-state index contributed by atoms with van der Waals surface area (Å²) in [5.74, 6) is -1.01. The van der Waals surface area contributed by atoms with Gasteiger partial charge in [-0.05, 0) is 53.4 Å². The lowest BCUT2D eigenvalue weighted by molar-refractivity contribution is -0.145. The van der Waals surface area contributed by atoms with Crippen LogP contribution in [-0.4, -0.2) is 59.7 Å². The van der Waals surface area contributed by atoms with Crippen molar-refractivity contribution >= 4 is 23.6 Å². The van der Waals surface area contributed by atoms with Crippen LogP contribution in [0.2, 0.25) is 0 Å². The van der Waals surface area contributed by atoms with Gasteiger partial charge in [-0.3, -0.25) is 19.2 Å². The Morgan fingerprint density at radius 2 is 1.85 bits per heavy atom. The van der Waals surface area contributed by atoms with Crippen molar-refractivity contribution in [3.8, 4) is 6.07 Å². The van der Waals surface area contributed by atoms with Crippen molar-refractivity contribution in [3.63, 3.8) is 0 Å². The van der Waals surface area contributed by atoms with Gasteiger partial charge >= 0.3 is 0 Å². The minimum absolute atomic E-state index is 0.0206. The molecule has 0 unspecified atom stereocenters. The Balaban J connectivity index is 1.30. The van der Waals surface area contributed by atoms with Gasteiger partial charge in [0, 0.05) is 24.9 Å². The van der Waals surface area contributed by atoms with E-state index in [0.717, 1.165) is 12.0 Å². The summed E-state index contributed by atoms with van der Waals surface area (Å²) in [6.07, 6.45) is 1.64. The van der Waals surface area contributed by atoms with Crippen LogP contribution >= 0.6 is 0 Å². The predicted molar refractivity (Wildman–Crippen MR) is 148 cm³/mol. The Morgan fingerprint density at radius 3 is 2.45 bits per heavy atom. The molecule has 1 aromatic carbocycles. The van der Waals surface area contributed by atoms with E-state index in [9.17, 15) is 24.4 Å². The Morgan fingerprint density at radius 1 is 1.15 bits per heavy atom. The summed E-state index contributed by atoms with van der Waals surface area (Å²) < 4.78 is 0. The third kappa shape index (κ3) is 5.21. The second-order valence-electron chi connectivity index (χ2n) is 13.8. The zero-order chi connectivity index (χ0) is 29.0. The first-order chi connectivity index (χ1) is 18.8. The maximum absolute atomic E-state index is 14.1. The number of carbonyl (C=O) groups excluding carboxylic acids is 4. The zero-order valence-electron chi connectivity index (χ0n) is 24.1. The number of amides is 4. The van der Waals surface area contributed by atoms with Gasteiger partial charge in [0.1, 0.15) is 18.1 Å². The summed E-state index contributed by atoms with van der Waals surface area (Å²) >= 11 is 0. The Bertz CT molecular complexity index is 1230. The molecule has 214 valence electrons. The average molecular weight is 548 g/mol. The van der Waals surface area contributed by atoms with E-state index in [1.807, 2.05) is 51.1 Å². The minimum atomic E-state index is -0.817. The van der Waals surface area contributed by atoms with Gasteiger partial charge in [-0.1, -0.05) is 65.0 Å². The summed E-state index contributed by atoms with van der Waals surface area (Å²) in [5.41, 5.74) is 0.462. The molecule has 4 amide bonds. The van der Waals surface area contributed by atoms with Gasteiger partial charge in [0.05, 0.1) is 6.07 Å². The number of fused-ring (bicyclic) bond motifs is 1. The van der Waals surface area contributed by atoms with Crippen LogP contribution in [0.3, 0.4) is 0 Å².